The van der Waals surface area contributed by atoms with Crippen LogP contribution in [0.1, 0.15) is 28.4 Å². The number of carbonyl (C=O) groups excluding carboxylic acids is 1. The quantitative estimate of drug-likeness (QED) is 0.559. The van der Waals surface area contributed by atoms with E-state index in [9.17, 15) is 19.8 Å². The van der Waals surface area contributed by atoms with Gasteiger partial charge in [0.2, 0.25) is 0 Å². The highest BCUT2D eigenvalue weighted by Crippen LogP contribution is 2.27. The topological polar surface area (TPSA) is 97.0 Å². The molecular formula is C19H16O6. The summed E-state index contributed by atoms with van der Waals surface area (Å²) in [6.07, 6.45) is 0.601. The van der Waals surface area contributed by atoms with Gasteiger partial charge in [0.25, 0.3) is 0 Å². The molecule has 2 N–H and O–H groups in total. The van der Waals surface area contributed by atoms with Crippen LogP contribution in [0.25, 0.3) is 11.0 Å². The second-order valence-electron chi connectivity index (χ2n) is 5.55. The van der Waals surface area contributed by atoms with Gasteiger partial charge in [-0.1, -0.05) is 13.0 Å². The van der Waals surface area contributed by atoms with Crippen LogP contribution in [-0.2, 0) is 17.8 Å². The van der Waals surface area contributed by atoms with E-state index in [1.807, 2.05) is 6.92 Å². The molecule has 6 nitrogen and oxygen atoms in total. The Morgan fingerprint density at radius 3 is 2.64 bits per heavy atom. The van der Waals surface area contributed by atoms with Crippen molar-refractivity contribution >= 4 is 16.9 Å². The molecular weight excluding hydrogens is 324 g/mol. The van der Waals surface area contributed by atoms with Gasteiger partial charge in [0, 0.05) is 23.1 Å². The van der Waals surface area contributed by atoms with Gasteiger partial charge in [0.1, 0.15) is 23.7 Å². The Labute approximate surface area is 142 Å². The summed E-state index contributed by atoms with van der Waals surface area (Å²) in [6.45, 7) is 1.76. The Kier molecular flexibility index (Phi) is 4.43. The summed E-state index contributed by atoms with van der Waals surface area (Å²) in [5, 5.41) is 19.9. The van der Waals surface area contributed by atoms with E-state index < -0.39 is 11.6 Å². The lowest BCUT2D eigenvalue weighted by Gasteiger charge is -2.09. The van der Waals surface area contributed by atoms with Gasteiger partial charge in [-0.3, -0.25) is 0 Å². The van der Waals surface area contributed by atoms with E-state index in [0.29, 0.717) is 22.9 Å². The number of fused-ring (bicyclic) bond motifs is 1. The van der Waals surface area contributed by atoms with E-state index in [-0.39, 0.29) is 29.3 Å². The SMILES string of the molecule is CCc1cc2c(COC(=O)c3cccc(O)c3)cc(=O)oc2cc1O. The van der Waals surface area contributed by atoms with Crippen LogP contribution in [0.3, 0.4) is 0 Å². The minimum Gasteiger partial charge on any atom is -0.508 e. The van der Waals surface area contributed by atoms with E-state index in [2.05, 4.69) is 0 Å². The molecule has 0 spiro atoms. The first-order valence-corrected chi connectivity index (χ1v) is 7.72. The number of esters is 1. The minimum absolute atomic E-state index is 0.0386. The summed E-state index contributed by atoms with van der Waals surface area (Å²) < 4.78 is 10.3. The fourth-order valence-corrected chi connectivity index (χ4v) is 2.57. The molecule has 128 valence electrons. The van der Waals surface area contributed by atoms with Crippen molar-refractivity contribution in [1.29, 1.82) is 0 Å². The number of aromatic hydroxyl groups is 2. The zero-order valence-corrected chi connectivity index (χ0v) is 13.5. The molecule has 2 aromatic carbocycles. The van der Waals surface area contributed by atoms with Gasteiger partial charge in [-0.15, -0.1) is 0 Å². The van der Waals surface area contributed by atoms with Gasteiger partial charge in [-0.2, -0.15) is 0 Å². The highest BCUT2D eigenvalue weighted by atomic mass is 16.5. The van der Waals surface area contributed by atoms with Gasteiger partial charge in [0.05, 0.1) is 5.56 Å². The number of ether oxygens (including phenoxy) is 1. The normalized spacial score (nSPS) is 10.8. The van der Waals surface area contributed by atoms with Crippen molar-refractivity contribution < 1.29 is 24.2 Å². The first-order valence-electron chi connectivity index (χ1n) is 7.72. The summed E-state index contributed by atoms with van der Waals surface area (Å²) in [5.41, 5.74) is 1.01. The zero-order chi connectivity index (χ0) is 18.0. The maximum Gasteiger partial charge on any atom is 0.338 e. The summed E-state index contributed by atoms with van der Waals surface area (Å²) in [4.78, 5) is 23.8. The smallest absolute Gasteiger partial charge is 0.338 e. The Bertz CT molecular complexity index is 1000. The van der Waals surface area contributed by atoms with Gasteiger partial charge >= 0.3 is 11.6 Å². The molecule has 0 fully saturated rings. The number of aryl methyl sites for hydroxylation is 1. The molecule has 1 heterocycles. The Balaban J connectivity index is 1.93. The average Bonchev–Trinajstić information content (AvgIpc) is 2.58. The van der Waals surface area contributed by atoms with Crippen molar-refractivity contribution in [3.05, 3.63) is 69.6 Å². The van der Waals surface area contributed by atoms with E-state index in [1.165, 1.54) is 36.4 Å². The van der Waals surface area contributed by atoms with Crippen molar-refractivity contribution in [3.63, 3.8) is 0 Å². The molecule has 0 atom stereocenters. The van der Waals surface area contributed by atoms with Crippen LogP contribution in [-0.4, -0.2) is 16.2 Å². The zero-order valence-electron chi connectivity index (χ0n) is 13.5. The number of phenolic OH excluding ortho intramolecular Hbond substituents is 2. The summed E-state index contributed by atoms with van der Waals surface area (Å²) >= 11 is 0. The molecule has 1 aromatic heterocycles. The van der Waals surface area contributed by atoms with Crippen molar-refractivity contribution in [2.45, 2.75) is 20.0 Å². The number of carbonyl (C=O) groups is 1. The highest BCUT2D eigenvalue weighted by molar-refractivity contribution is 5.90. The predicted molar refractivity (Wildman–Crippen MR) is 90.8 cm³/mol. The molecule has 3 rings (SSSR count). The molecule has 3 aromatic rings. The third kappa shape index (κ3) is 3.47. The molecule has 0 unspecified atom stereocenters. The molecule has 0 bridgehead atoms. The molecule has 0 aliphatic carbocycles. The molecule has 0 radical (unpaired) electrons. The Morgan fingerprint density at radius 2 is 1.92 bits per heavy atom. The maximum atomic E-state index is 12.1. The van der Waals surface area contributed by atoms with Crippen molar-refractivity contribution in [2.24, 2.45) is 0 Å². The lowest BCUT2D eigenvalue weighted by Crippen LogP contribution is -2.08. The molecule has 0 saturated carbocycles. The van der Waals surface area contributed by atoms with Gasteiger partial charge < -0.3 is 19.4 Å². The third-order valence-electron chi connectivity index (χ3n) is 3.85. The van der Waals surface area contributed by atoms with Crippen LogP contribution in [0.15, 0.2) is 51.7 Å². The van der Waals surface area contributed by atoms with Gasteiger partial charge in [-0.05, 0) is 36.2 Å². The van der Waals surface area contributed by atoms with Crippen LogP contribution < -0.4 is 5.63 Å². The predicted octanol–water partition coefficient (Wildman–Crippen LogP) is 3.12. The number of hydrogen-bond donors (Lipinski definition) is 2. The van der Waals surface area contributed by atoms with Gasteiger partial charge in [-0.25, -0.2) is 9.59 Å². The maximum absolute atomic E-state index is 12.1. The van der Waals surface area contributed by atoms with Crippen LogP contribution in [0, 0.1) is 0 Å². The van der Waals surface area contributed by atoms with Gasteiger partial charge in [0.15, 0.2) is 0 Å². The second-order valence-corrected chi connectivity index (χ2v) is 5.55. The molecule has 0 aliphatic heterocycles. The van der Waals surface area contributed by atoms with Crippen LogP contribution in [0.4, 0.5) is 0 Å². The van der Waals surface area contributed by atoms with Crippen molar-refractivity contribution in [3.8, 4) is 11.5 Å². The fourth-order valence-electron chi connectivity index (χ4n) is 2.57. The van der Waals surface area contributed by atoms with E-state index >= 15 is 0 Å². The first kappa shape index (κ1) is 16.6. The standard InChI is InChI=1S/C19H16O6/c1-2-11-7-15-13(8-18(22)25-17(15)9-16(11)21)10-24-19(23)12-4-3-5-14(20)6-12/h3-9,20-21H,2,10H2,1H3. The number of hydrogen-bond acceptors (Lipinski definition) is 6. The van der Waals surface area contributed by atoms with E-state index in [4.69, 9.17) is 9.15 Å². The number of phenols is 2. The second kappa shape index (κ2) is 6.68. The van der Waals surface area contributed by atoms with E-state index in [1.54, 1.807) is 6.07 Å². The van der Waals surface area contributed by atoms with Crippen LogP contribution in [0.2, 0.25) is 0 Å². The summed E-state index contributed by atoms with van der Waals surface area (Å²) in [6, 6.07) is 10.2. The van der Waals surface area contributed by atoms with Crippen molar-refractivity contribution in [1.82, 2.24) is 0 Å². The lowest BCUT2D eigenvalue weighted by atomic mass is 10.0. The average molecular weight is 340 g/mol. The molecule has 6 heteroatoms. The molecule has 0 aliphatic rings. The largest absolute Gasteiger partial charge is 0.508 e. The number of rotatable bonds is 4. The van der Waals surface area contributed by atoms with Crippen LogP contribution >= 0.6 is 0 Å². The summed E-state index contributed by atoms with van der Waals surface area (Å²) in [7, 11) is 0. The highest BCUT2D eigenvalue weighted by Gasteiger charge is 2.13. The minimum atomic E-state index is -0.619. The Morgan fingerprint density at radius 1 is 1.12 bits per heavy atom. The number of benzene rings is 2. The summed E-state index contributed by atoms with van der Waals surface area (Å²) in [5.74, 6) is -0.609. The lowest BCUT2D eigenvalue weighted by molar-refractivity contribution is 0.0473. The molecule has 25 heavy (non-hydrogen) atoms. The fraction of sp³-hybridized carbons (Fsp3) is 0.158. The first-order chi connectivity index (χ1) is 12.0. The Hall–Kier alpha value is -3.28. The third-order valence-corrected chi connectivity index (χ3v) is 3.85. The monoisotopic (exact) mass is 340 g/mol. The van der Waals surface area contributed by atoms with E-state index in [0.717, 1.165) is 0 Å². The molecule has 0 amide bonds. The molecule has 0 saturated heterocycles. The van der Waals surface area contributed by atoms with Crippen molar-refractivity contribution in [2.75, 3.05) is 0 Å². The van der Waals surface area contributed by atoms with Crippen LogP contribution in [0.5, 0.6) is 11.5 Å².